The zero-order valence-electron chi connectivity index (χ0n) is 21.8. The first-order valence-corrected chi connectivity index (χ1v) is 12.1. The van der Waals surface area contributed by atoms with Crippen molar-refractivity contribution in [3.05, 3.63) is 113 Å². The Morgan fingerprint density at radius 3 is 1.68 bits per heavy atom. The standard InChI is InChI=1S/C32H33NO4/c1-34-29-19-16-24(15-17-27-18-20-30(35-2)32(37-4)31(27)36-3)21-28(29)33(22-25-11-7-5-8-12-25)23-26-13-9-6-10-14-26/h5-21H,22-23H2,1-4H3/b17-15-. The number of rotatable bonds is 11. The number of hydrogen-bond acceptors (Lipinski definition) is 5. The Balaban J connectivity index is 1.71. The lowest BCUT2D eigenvalue weighted by atomic mass is 10.1. The van der Waals surface area contributed by atoms with E-state index in [4.69, 9.17) is 18.9 Å². The van der Waals surface area contributed by atoms with Crippen LogP contribution in [0, 0.1) is 0 Å². The molecule has 0 aliphatic carbocycles. The summed E-state index contributed by atoms with van der Waals surface area (Å²) < 4.78 is 22.4. The molecule has 0 atom stereocenters. The van der Waals surface area contributed by atoms with Crippen LogP contribution in [-0.2, 0) is 13.1 Å². The van der Waals surface area contributed by atoms with E-state index in [1.54, 1.807) is 28.4 Å². The van der Waals surface area contributed by atoms with Gasteiger partial charge < -0.3 is 23.8 Å². The Kier molecular flexibility index (Phi) is 8.71. The zero-order chi connectivity index (χ0) is 26.0. The summed E-state index contributed by atoms with van der Waals surface area (Å²) >= 11 is 0. The molecule has 0 aromatic heterocycles. The smallest absolute Gasteiger partial charge is 0.203 e. The molecule has 0 aliphatic heterocycles. The van der Waals surface area contributed by atoms with Gasteiger partial charge in [-0.2, -0.15) is 0 Å². The quantitative estimate of drug-likeness (QED) is 0.208. The van der Waals surface area contributed by atoms with E-state index in [1.807, 2.05) is 36.4 Å². The van der Waals surface area contributed by atoms with Gasteiger partial charge in [0, 0.05) is 18.7 Å². The molecule has 0 fully saturated rings. The van der Waals surface area contributed by atoms with Gasteiger partial charge in [-0.15, -0.1) is 0 Å². The van der Waals surface area contributed by atoms with Crippen LogP contribution in [0.15, 0.2) is 91.0 Å². The average Bonchev–Trinajstić information content (AvgIpc) is 2.96. The molecule has 37 heavy (non-hydrogen) atoms. The lowest BCUT2D eigenvalue weighted by Gasteiger charge is -2.27. The van der Waals surface area contributed by atoms with E-state index in [-0.39, 0.29) is 0 Å². The monoisotopic (exact) mass is 495 g/mol. The van der Waals surface area contributed by atoms with Crippen LogP contribution in [0.2, 0.25) is 0 Å². The second-order valence-electron chi connectivity index (χ2n) is 8.52. The van der Waals surface area contributed by atoms with Crippen molar-refractivity contribution >= 4 is 17.8 Å². The summed E-state index contributed by atoms with van der Waals surface area (Å²) in [6, 6.07) is 31.0. The molecule has 0 unspecified atom stereocenters. The molecule has 0 saturated heterocycles. The van der Waals surface area contributed by atoms with Crippen molar-refractivity contribution in [2.75, 3.05) is 33.3 Å². The van der Waals surface area contributed by atoms with Gasteiger partial charge in [0.1, 0.15) is 5.75 Å². The van der Waals surface area contributed by atoms with Gasteiger partial charge >= 0.3 is 0 Å². The topological polar surface area (TPSA) is 40.2 Å². The van der Waals surface area contributed by atoms with E-state index < -0.39 is 0 Å². The van der Waals surface area contributed by atoms with Crippen LogP contribution in [-0.4, -0.2) is 28.4 Å². The molecule has 0 spiro atoms. The zero-order valence-corrected chi connectivity index (χ0v) is 21.8. The van der Waals surface area contributed by atoms with Gasteiger partial charge in [0.25, 0.3) is 0 Å². The van der Waals surface area contributed by atoms with E-state index in [0.717, 1.165) is 35.7 Å². The number of benzene rings is 4. The molecule has 0 radical (unpaired) electrons. The molecule has 190 valence electrons. The van der Waals surface area contributed by atoms with Crippen LogP contribution in [0.1, 0.15) is 22.3 Å². The first-order chi connectivity index (χ1) is 18.2. The molecule has 0 heterocycles. The predicted molar refractivity (Wildman–Crippen MR) is 151 cm³/mol. The number of nitrogens with zero attached hydrogens (tertiary/aromatic N) is 1. The SMILES string of the molecule is COc1ccc(/C=C\c2ccc(OC)c(OC)c2OC)cc1N(Cc1ccccc1)Cc1ccccc1. The molecule has 0 amide bonds. The second-order valence-corrected chi connectivity index (χ2v) is 8.52. The third kappa shape index (κ3) is 6.25. The Morgan fingerprint density at radius 1 is 0.568 bits per heavy atom. The van der Waals surface area contributed by atoms with E-state index >= 15 is 0 Å². The van der Waals surface area contributed by atoms with E-state index in [9.17, 15) is 0 Å². The summed E-state index contributed by atoms with van der Waals surface area (Å²) in [6.45, 7) is 1.51. The van der Waals surface area contributed by atoms with Crippen molar-refractivity contribution in [2.24, 2.45) is 0 Å². The Labute approximate surface area is 219 Å². The largest absolute Gasteiger partial charge is 0.495 e. The lowest BCUT2D eigenvalue weighted by molar-refractivity contribution is 0.324. The van der Waals surface area contributed by atoms with Crippen molar-refractivity contribution in [1.82, 2.24) is 0 Å². The number of anilines is 1. The molecular formula is C32H33NO4. The Hall–Kier alpha value is -4.38. The van der Waals surface area contributed by atoms with Gasteiger partial charge in [-0.3, -0.25) is 0 Å². The second kappa shape index (κ2) is 12.5. The van der Waals surface area contributed by atoms with Gasteiger partial charge in [-0.25, -0.2) is 0 Å². The summed E-state index contributed by atoms with van der Waals surface area (Å²) in [7, 11) is 6.57. The van der Waals surface area contributed by atoms with Crippen molar-refractivity contribution < 1.29 is 18.9 Å². The number of ether oxygens (including phenoxy) is 4. The summed E-state index contributed by atoms with van der Waals surface area (Å²) in [5.74, 6) is 2.65. The fourth-order valence-corrected chi connectivity index (χ4v) is 4.33. The molecule has 0 bridgehead atoms. The van der Waals surface area contributed by atoms with Gasteiger partial charge in [0.15, 0.2) is 11.5 Å². The highest BCUT2D eigenvalue weighted by Gasteiger charge is 2.16. The summed E-state index contributed by atoms with van der Waals surface area (Å²) in [4.78, 5) is 2.35. The normalized spacial score (nSPS) is 10.8. The van der Waals surface area contributed by atoms with Crippen LogP contribution in [0.25, 0.3) is 12.2 Å². The molecule has 4 aromatic rings. The van der Waals surface area contributed by atoms with Crippen molar-refractivity contribution in [3.8, 4) is 23.0 Å². The first-order valence-electron chi connectivity index (χ1n) is 12.1. The van der Waals surface area contributed by atoms with Gasteiger partial charge in [0.2, 0.25) is 5.75 Å². The fraction of sp³-hybridized carbons (Fsp3) is 0.188. The van der Waals surface area contributed by atoms with Gasteiger partial charge in [-0.1, -0.05) is 78.9 Å². The van der Waals surface area contributed by atoms with Gasteiger partial charge in [-0.05, 0) is 41.0 Å². The molecular weight excluding hydrogens is 462 g/mol. The van der Waals surface area contributed by atoms with E-state index in [0.29, 0.717) is 17.2 Å². The van der Waals surface area contributed by atoms with Crippen molar-refractivity contribution in [1.29, 1.82) is 0 Å². The average molecular weight is 496 g/mol. The summed E-state index contributed by atoms with van der Waals surface area (Å²) in [6.07, 6.45) is 4.08. The molecule has 0 saturated carbocycles. The molecule has 5 heteroatoms. The Bertz CT molecular complexity index is 1280. The maximum atomic E-state index is 5.80. The van der Waals surface area contributed by atoms with E-state index in [2.05, 4.69) is 71.6 Å². The van der Waals surface area contributed by atoms with E-state index in [1.165, 1.54) is 11.1 Å². The third-order valence-corrected chi connectivity index (χ3v) is 6.17. The van der Waals surface area contributed by atoms with Crippen molar-refractivity contribution in [2.45, 2.75) is 13.1 Å². The molecule has 0 aliphatic rings. The van der Waals surface area contributed by atoms with Crippen LogP contribution >= 0.6 is 0 Å². The molecule has 4 aromatic carbocycles. The summed E-state index contributed by atoms with van der Waals surface area (Å²) in [5.41, 5.74) is 5.42. The van der Waals surface area contributed by atoms with Crippen LogP contribution in [0.4, 0.5) is 5.69 Å². The first kappa shape index (κ1) is 25.7. The lowest BCUT2D eigenvalue weighted by Crippen LogP contribution is -2.22. The van der Waals surface area contributed by atoms with Crippen LogP contribution in [0.5, 0.6) is 23.0 Å². The maximum absolute atomic E-state index is 5.80. The highest BCUT2D eigenvalue weighted by atomic mass is 16.5. The van der Waals surface area contributed by atoms with Crippen molar-refractivity contribution in [3.63, 3.8) is 0 Å². The Morgan fingerprint density at radius 2 is 1.14 bits per heavy atom. The maximum Gasteiger partial charge on any atom is 0.203 e. The summed E-state index contributed by atoms with van der Waals surface area (Å²) in [5, 5.41) is 0. The minimum Gasteiger partial charge on any atom is -0.495 e. The fourth-order valence-electron chi connectivity index (χ4n) is 4.33. The van der Waals surface area contributed by atoms with Crippen LogP contribution in [0.3, 0.4) is 0 Å². The highest BCUT2D eigenvalue weighted by Crippen LogP contribution is 2.40. The van der Waals surface area contributed by atoms with Gasteiger partial charge in [0.05, 0.1) is 34.1 Å². The molecule has 5 nitrogen and oxygen atoms in total. The minimum absolute atomic E-state index is 0.569. The molecule has 4 rings (SSSR count). The third-order valence-electron chi connectivity index (χ3n) is 6.17. The number of methoxy groups -OCH3 is 4. The highest BCUT2D eigenvalue weighted by molar-refractivity contribution is 5.77. The molecule has 0 N–H and O–H groups in total. The number of hydrogen-bond donors (Lipinski definition) is 0. The predicted octanol–water partition coefficient (Wildman–Crippen LogP) is 7.10. The minimum atomic E-state index is 0.569. The van der Waals surface area contributed by atoms with Crippen LogP contribution < -0.4 is 23.8 Å².